The van der Waals surface area contributed by atoms with E-state index in [0.29, 0.717) is 0 Å². The zero-order valence-corrected chi connectivity index (χ0v) is 16.2. The van der Waals surface area contributed by atoms with Gasteiger partial charge < -0.3 is 9.41 Å². The van der Waals surface area contributed by atoms with Gasteiger partial charge in [0.05, 0.1) is 0 Å². The summed E-state index contributed by atoms with van der Waals surface area (Å²) in [7, 11) is 0. The summed E-state index contributed by atoms with van der Waals surface area (Å²) in [6.07, 6.45) is 21.9. The molecule has 1 aliphatic heterocycles. The zero-order valence-electron chi connectivity index (χ0n) is 13.8. The number of allylic oxidation sites excluding steroid dienone is 8. The minimum Gasteiger partial charge on any atom is -1.00 e. The van der Waals surface area contributed by atoms with E-state index in [0.717, 1.165) is 7.25 Å². The second-order valence-electron chi connectivity index (χ2n) is 7.92. The molecule has 5 aliphatic rings. The second-order valence-corrected chi connectivity index (χ2v) is 19.5. The first kappa shape index (κ1) is 17.5. The maximum Gasteiger partial charge on any atom is -1.00 e. The van der Waals surface area contributed by atoms with Crippen LogP contribution in [-0.4, -0.2) is 0 Å². The standard InChI is InChI=1S/2C9H11.C2H4.2FH.Zr/c2*1-2-5-9-7-3-6-8(9)4-1;1-2;;;/h2*3,6-7H,1-2,4-5H2;1-2H2;2*1H;/q;;;;;+2/p-2. The van der Waals surface area contributed by atoms with Gasteiger partial charge in [-0.05, 0) is 0 Å². The fourth-order valence-corrected chi connectivity index (χ4v) is 22.0. The van der Waals surface area contributed by atoms with Crippen molar-refractivity contribution in [3.05, 3.63) is 46.6 Å². The van der Waals surface area contributed by atoms with Crippen LogP contribution in [0.5, 0.6) is 0 Å². The summed E-state index contributed by atoms with van der Waals surface area (Å²) in [5.74, 6) is 0. The van der Waals surface area contributed by atoms with Gasteiger partial charge in [0.2, 0.25) is 0 Å². The average Bonchev–Trinajstić information content (AvgIpc) is 3.03. The molecule has 1 saturated heterocycles. The van der Waals surface area contributed by atoms with Crippen molar-refractivity contribution < 1.29 is 29.7 Å². The summed E-state index contributed by atoms with van der Waals surface area (Å²) in [5, 5.41) is 0. The molecule has 0 nitrogen and oxygen atoms in total. The number of hydrogen-bond donors (Lipinski definition) is 0. The molecule has 23 heavy (non-hydrogen) atoms. The molecular formula is C20H26F2Zr. The first-order chi connectivity index (χ1) is 10.4. The van der Waals surface area contributed by atoms with Crippen molar-refractivity contribution in [1.29, 1.82) is 0 Å². The van der Waals surface area contributed by atoms with Gasteiger partial charge in [0, 0.05) is 0 Å². The Kier molecular flexibility index (Phi) is 4.99. The molecule has 0 bridgehead atoms. The van der Waals surface area contributed by atoms with Crippen LogP contribution in [0.15, 0.2) is 46.6 Å². The molecule has 0 N–H and O–H groups in total. The van der Waals surface area contributed by atoms with Crippen molar-refractivity contribution in [3.63, 3.8) is 0 Å². The predicted octanol–water partition coefficient (Wildman–Crippen LogP) is 0.456. The van der Waals surface area contributed by atoms with Crippen LogP contribution in [0.25, 0.3) is 0 Å². The van der Waals surface area contributed by atoms with Gasteiger partial charge in [0.25, 0.3) is 0 Å². The first-order valence-electron chi connectivity index (χ1n) is 9.19. The minimum absolute atomic E-state index is 0. The van der Waals surface area contributed by atoms with Crippen LogP contribution in [0.3, 0.4) is 0 Å². The maximum atomic E-state index is 2.69. The van der Waals surface area contributed by atoms with E-state index < -0.39 is 20.3 Å². The smallest absolute Gasteiger partial charge is 1.00 e. The van der Waals surface area contributed by atoms with Crippen LogP contribution in [0.2, 0.25) is 15.5 Å². The van der Waals surface area contributed by atoms with Crippen LogP contribution in [0.4, 0.5) is 0 Å². The first-order valence-corrected chi connectivity index (χ1v) is 15.5. The van der Waals surface area contributed by atoms with Crippen molar-refractivity contribution >= 4 is 0 Å². The SMILES string of the molecule is C1=C[CH]([Zr+2]2([CH]3C=CC4=C3CCCC4)[CH2][CH2]2)C2=C1CCCC2.[F-].[F-]. The Bertz CT molecular complexity index is 557. The Balaban J connectivity index is 0.000000781. The van der Waals surface area contributed by atoms with E-state index in [9.17, 15) is 0 Å². The minimum atomic E-state index is -1.96. The van der Waals surface area contributed by atoms with E-state index in [2.05, 4.69) is 24.3 Å². The summed E-state index contributed by atoms with van der Waals surface area (Å²) in [6.45, 7) is 0. The van der Waals surface area contributed by atoms with Gasteiger partial charge >= 0.3 is 134 Å². The maximum absolute atomic E-state index is 2.69. The van der Waals surface area contributed by atoms with Gasteiger partial charge in [-0.3, -0.25) is 0 Å². The fraction of sp³-hybridized carbons (Fsp3) is 0.600. The molecule has 4 aliphatic carbocycles. The molecule has 2 atom stereocenters. The molecule has 0 aromatic carbocycles. The van der Waals surface area contributed by atoms with Gasteiger partial charge in [0.1, 0.15) is 0 Å². The molecule has 0 saturated carbocycles. The van der Waals surface area contributed by atoms with Gasteiger partial charge in [-0.1, -0.05) is 0 Å². The Morgan fingerprint density at radius 1 is 0.652 bits per heavy atom. The van der Waals surface area contributed by atoms with Crippen molar-refractivity contribution in [2.24, 2.45) is 0 Å². The van der Waals surface area contributed by atoms with E-state index in [-0.39, 0.29) is 9.41 Å². The molecule has 1 fully saturated rings. The van der Waals surface area contributed by atoms with E-state index in [1.54, 1.807) is 19.4 Å². The van der Waals surface area contributed by atoms with Crippen molar-refractivity contribution in [3.8, 4) is 0 Å². The van der Waals surface area contributed by atoms with Crippen LogP contribution in [-0.2, 0) is 20.3 Å². The van der Waals surface area contributed by atoms with Crippen LogP contribution in [0.1, 0.15) is 51.4 Å². The molecule has 124 valence electrons. The quantitative estimate of drug-likeness (QED) is 0.637. The summed E-state index contributed by atoms with van der Waals surface area (Å²) in [4.78, 5) is 0. The third-order valence-corrected chi connectivity index (χ3v) is 19.7. The fourth-order valence-electron chi connectivity index (χ4n) is 5.69. The molecule has 5 rings (SSSR count). The monoisotopic (exact) mass is 394 g/mol. The summed E-state index contributed by atoms with van der Waals surface area (Å²) in [5.41, 5.74) is 7.42. The molecule has 0 aromatic rings. The summed E-state index contributed by atoms with van der Waals surface area (Å²) >= 11 is -1.96. The molecule has 3 heteroatoms. The largest absolute Gasteiger partial charge is 1.00 e. The van der Waals surface area contributed by atoms with Gasteiger partial charge in [0.15, 0.2) is 0 Å². The molecule has 0 spiro atoms. The van der Waals surface area contributed by atoms with Crippen molar-refractivity contribution in [2.75, 3.05) is 0 Å². The third-order valence-electron chi connectivity index (χ3n) is 6.91. The van der Waals surface area contributed by atoms with Crippen LogP contribution >= 0.6 is 0 Å². The van der Waals surface area contributed by atoms with Gasteiger partial charge in [-0.2, -0.15) is 0 Å². The molecule has 0 amide bonds. The molecule has 2 unspecified atom stereocenters. The number of halogens is 2. The Hall–Kier alpha value is -0.297. The Morgan fingerprint density at radius 3 is 1.52 bits per heavy atom. The average molecular weight is 396 g/mol. The van der Waals surface area contributed by atoms with E-state index in [1.807, 2.05) is 11.1 Å². The summed E-state index contributed by atoms with van der Waals surface area (Å²) < 4.78 is 5.34. The Labute approximate surface area is 142 Å². The Morgan fingerprint density at radius 2 is 1.09 bits per heavy atom. The molecule has 0 aromatic heterocycles. The zero-order chi connectivity index (χ0) is 13.9. The second kappa shape index (κ2) is 6.54. The topological polar surface area (TPSA) is 0 Å². The number of rotatable bonds is 2. The van der Waals surface area contributed by atoms with Gasteiger partial charge in [-0.15, -0.1) is 0 Å². The molecule has 0 radical (unpaired) electrons. The van der Waals surface area contributed by atoms with Crippen LogP contribution < -0.4 is 9.41 Å². The third kappa shape index (κ3) is 2.62. The number of hydrogen-bond acceptors (Lipinski definition) is 0. The van der Waals surface area contributed by atoms with E-state index in [1.165, 1.54) is 51.4 Å². The van der Waals surface area contributed by atoms with Crippen molar-refractivity contribution in [1.82, 2.24) is 0 Å². The predicted molar refractivity (Wildman–Crippen MR) is 86.4 cm³/mol. The van der Waals surface area contributed by atoms with E-state index in [4.69, 9.17) is 0 Å². The van der Waals surface area contributed by atoms with Gasteiger partial charge in [-0.25, -0.2) is 0 Å². The van der Waals surface area contributed by atoms with Crippen LogP contribution in [0, 0.1) is 0 Å². The van der Waals surface area contributed by atoms with E-state index >= 15 is 0 Å². The summed E-state index contributed by atoms with van der Waals surface area (Å²) in [6, 6.07) is 0. The molecular weight excluding hydrogens is 369 g/mol. The van der Waals surface area contributed by atoms with Crippen molar-refractivity contribution in [2.45, 2.75) is 66.9 Å². The molecule has 1 heterocycles. The normalized spacial score (nSPS) is 31.7.